The quantitative estimate of drug-likeness (QED) is 0.886. The average Bonchev–Trinajstić information content (AvgIpc) is 2.95. The Morgan fingerprint density at radius 2 is 2.10 bits per heavy atom. The second-order valence-corrected chi connectivity index (χ2v) is 5.66. The molecule has 5 nitrogen and oxygen atoms in total. The Balaban J connectivity index is 1.64. The van der Waals surface area contributed by atoms with Crippen molar-refractivity contribution in [2.45, 2.75) is 38.3 Å². The number of para-hydroxylation sites is 1. The minimum Gasteiger partial charge on any atom is -0.378 e. The molecule has 1 saturated carbocycles. The van der Waals surface area contributed by atoms with Gasteiger partial charge in [0.2, 0.25) is 0 Å². The first-order valence-electron chi connectivity index (χ1n) is 7.61. The normalized spacial score (nSPS) is 22.8. The summed E-state index contributed by atoms with van der Waals surface area (Å²) in [6.45, 7) is 2.84. The number of hydrogen-bond donors (Lipinski definition) is 1. The van der Waals surface area contributed by atoms with Crippen LogP contribution in [-0.4, -0.2) is 27.7 Å². The summed E-state index contributed by atoms with van der Waals surface area (Å²) < 4.78 is 7.44. The molecule has 1 atom stereocenters. The largest absolute Gasteiger partial charge is 0.378 e. The molecule has 1 fully saturated rings. The van der Waals surface area contributed by atoms with Crippen LogP contribution in [0.15, 0.2) is 36.5 Å². The molecule has 2 aromatic rings. The van der Waals surface area contributed by atoms with Crippen molar-refractivity contribution in [2.75, 3.05) is 6.61 Å². The van der Waals surface area contributed by atoms with Gasteiger partial charge in [-0.05, 0) is 44.2 Å². The zero-order valence-electron chi connectivity index (χ0n) is 12.4. The molecule has 1 aliphatic rings. The Kier molecular flexibility index (Phi) is 4.31. The van der Waals surface area contributed by atoms with E-state index in [0.717, 1.165) is 37.3 Å². The van der Waals surface area contributed by atoms with E-state index in [1.165, 1.54) is 0 Å². The molecule has 0 bridgehead atoms. The maximum Gasteiger partial charge on any atom is 0.0813 e. The predicted octanol–water partition coefficient (Wildman–Crippen LogP) is 2.47. The van der Waals surface area contributed by atoms with E-state index in [9.17, 15) is 0 Å². The first-order valence-corrected chi connectivity index (χ1v) is 7.61. The molecular formula is C16H22N4O. The summed E-state index contributed by atoms with van der Waals surface area (Å²) in [5.74, 6) is 0.649. The van der Waals surface area contributed by atoms with Gasteiger partial charge in [-0.2, -0.15) is 0 Å². The molecule has 1 aromatic carbocycles. The number of hydrogen-bond acceptors (Lipinski definition) is 4. The molecule has 0 amide bonds. The zero-order valence-corrected chi connectivity index (χ0v) is 12.4. The first-order chi connectivity index (χ1) is 10.3. The second kappa shape index (κ2) is 6.37. The Labute approximate surface area is 125 Å². The highest BCUT2D eigenvalue weighted by Gasteiger charge is 2.31. The van der Waals surface area contributed by atoms with Crippen LogP contribution in [0.25, 0.3) is 5.69 Å². The first kappa shape index (κ1) is 14.2. The fourth-order valence-electron chi connectivity index (χ4n) is 2.98. The lowest BCUT2D eigenvalue weighted by Gasteiger charge is -2.36. The molecule has 5 heteroatoms. The summed E-state index contributed by atoms with van der Waals surface area (Å²) in [7, 11) is 0. The topological polar surface area (TPSA) is 66.0 Å². The van der Waals surface area contributed by atoms with Crippen molar-refractivity contribution < 1.29 is 4.74 Å². The maximum atomic E-state index is 6.37. The summed E-state index contributed by atoms with van der Waals surface area (Å²) in [6.07, 6.45) is 5.41. The summed E-state index contributed by atoms with van der Waals surface area (Å²) in [5.41, 5.74) is 8.34. The van der Waals surface area contributed by atoms with Gasteiger partial charge in [-0.1, -0.05) is 23.4 Å². The standard InChI is InChI=1S/C16H22N4O/c1-2-21-14-8-12(9-14)10-15(17)16-11-18-19-20(16)13-6-4-3-5-7-13/h3-7,11-12,14-15H,2,8-10,17H2,1H3. The van der Waals surface area contributed by atoms with Gasteiger partial charge in [0.05, 0.1) is 23.7 Å². The number of rotatable bonds is 6. The van der Waals surface area contributed by atoms with Gasteiger partial charge in [0.15, 0.2) is 0 Å². The molecule has 0 radical (unpaired) electrons. The lowest BCUT2D eigenvalue weighted by Crippen LogP contribution is -2.33. The second-order valence-electron chi connectivity index (χ2n) is 5.66. The number of nitrogens with zero attached hydrogens (tertiary/aromatic N) is 3. The summed E-state index contributed by atoms with van der Waals surface area (Å²) >= 11 is 0. The third-order valence-corrected chi connectivity index (χ3v) is 4.14. The number of ether oxygens (including phenoxy) is 1. The monoisotopic (exact) mass is 286 g/mol. The zero-order chi connectivity index (χ0) is 14.7. The number of aromatic nitrogens is 3. The third-order valence-electron chi connectivity index (χ3n) is 4.14. The highest BCUT2D eigenvalue weighted by molar-refractivity contribution is 5.32. The summed E-state index contributed by atoms with van der Waals surface area (Å²) in [6, 6.07) is 9.96. The smallest absolute Gasteiger partial charge is 0.0813 e. The minimum atomic E-state index is -0.0345. The van der Waals surface area contributed by atoms with Crippen LogP contribution >= 0.6 is 0 Å². The van der Waals surface area contributed by atoms with E-state index >= 15 is 0 Å². The van der Waals surface area contributed by atoms with Crippen molar-refractivity contribution in [3.8, 4) is 5.69 Å². The van der Waals surface area contributed by atoms with Gasteiger partial charge >= 0.3 is 0 Å². The van der Waals surface area contributed by atoms with E-state index in [0.29, 0.717) is 12.0 Å². The highest BCUT2D eigenvalue weighted by atomic mass is 16.5. The Bertz CT molecular complexity index is 563. The van der Waals surface area contributed by atoms with Gasteiger partial charge in [-0.15, -0.1) is 5.10 Å². The average molecular weight is 286 g/mol. The molecule has 0 spiro atoms. The van der Waals surface area contributed by atoms with Gasteiger partial charge in [0, 0.05) is 12.6 Å². The molecule has 1 aromatic heterocycles. The van der Waals surface area contributed by atoms with Crippen molar-refractivity contribution in [3.63, 3.8) is 0 Å². The molecule has 112 valence electrons. The highest BCUT2D eigenvalue weighted by Crippen LogP contribution is 2.36. The molecule has 2 N–H and O–H groups in total. The van der Waals surface area contributed by atoms with Crippen LogP contribution in [0.2, 0.25) is 0 Å². The maximum absolute atomic E-state index is 6.37. The van der Waals surface area contributed by atoms with Crippen molar-refractivity contribution in [1.29, 1.82) is 0 Å². The van der Waals surface area contributed by atoms with E-state index in [4.69, 9.17) is 10.5 Å². The van der Waals surface area contributed by atoms with Crippen molar-refractivity contribution in [2.24, 2.45) is 11.7 Å². The van der Waals surface area contributed by atoms with Gasteiger partial charge in [0.25, 0.3) is 0 Å². The third kappa shape index (κ3) is 3.14. The van der Waals surface area contributed by atoms with E-state index in [2.05, 4.69) is 10.3 Å². The number of benzene rings is 1. The lowest BCUT2D eigenvalue weighted by molar-refractivity contribution is -0.0283. The molecule has 1 heterocycles. The van der Waals surface area contributed by atoms with Gasteiger partial charge in [0.1, 0.15) is 0 Å². The van der Waals surface area contributed by atoms with E-state index in [-0.39, 0.29) is 6.04 Å². The summed E-state index contributed by atoms with van der Waals surface area (Å²) in [5, 5.41) is 8.19. The van der Waals surface area contributed by atoms with Crippen LogP contribution in [0.1, 0.15) is 37.9 Å². The Hall–Kier alpha value is -1.72. The molecule has 1 aliphatic carbocycles. The van der Waals surface area contributed by atoms with E-state index in [1.54, 1.807) is 6.20 Å². The van der Waals surface area contributed by atoms with Crippen LogP contribution < -0.4 is 5.73 Å². The van der Waals surface area contributed by atoms with Crippen molar-refractivity contribution in [3.05, 3.63) is 42.2 Å². The predicted molar refractivity (Wildman–Crippen MR) is 81.0 cm³/mol. The van der Waals surface area contributed by atoms with Crippen LogP contribution in [0.3, 0.4) is 0 Å². The SMILES string of the molecule is CCOC1CC(CC(N)c2cnnn2-c2ccccc2)C1. The molecule has 0 saturated heterocycles. The van der Waals surface area contributed by atoms with E-state index in [1.807, 2.05) is 41.9 Å². The van der Waals surface area contributed by atoms with Crippen LogP contribution in [0.4, 0.5) is 0 Å². The molecule has 1 unspecified atom stereocenters. The van der Waals surface area contributed by atoms with Gasteiger partial charge in [-0.25, -0.2) is 4.68 Å². The molecular weight excluding hydrogens is 264 g/mol. The van der Waals surface area contributed by atoms with Crippen LogP contribution in [-0.2, 0) is 4.74 Å². The summed E-state index contributed by atoms with van der Waals surface area (Å²) in [4.78, 5) is 0. The van der Waals surface area contributed by atoms with Crippen LogP contribution in [0.5, 0.6) is 0 Å². The molecule has 21 heavy (non-hydrogen) atoms. The van der Waals surface area contributed by atoms with Gasteiger partial charge in [-0.3, -0.25) is 0 Å². The Morgan fingerprint density at radius 3 is 2.81 bits per heavy atom. The fourth-order valence-corrected chi connectivity index (χ4v) is 2.98. The fraction of sp³-hybridized carbons (Fsp3) is 0.500. The molecule has 3 rings (SSSR count). The molecule has 0 aliphatic heterocycles. The van der Waals surface area contributed by atoms with Crippen molar-refractivity contribution in [1.82, 2.24) is 15.0 Å². The van der Waals surface area contributed by atoms with Gasteiger partial charge < -0.3 is 10.5 Å². The minimum absolute atomic E-state index is 0.0345. The van der Waals surface area contributed by atoms with Crippen molar-refractivity contribution >= 4 is 0 Å². The Morgan fingerprint density at radius 1 is 1.33 bits per heavy atom. The van der Waals surface area contributed by atoms with Crippen LogP contribution in [0, 0.1) is 5.92 Å². The lowest BCUT2D eigenvalue weighted by atomic mass is 9.78. The van der Waals surface area contributed by atoms with E-state index < -0.39 is 0 Å². The number of nitrogens with two attached hydrogens (primary N) is 1.